The molecule has 4 rings (SSSR count). The van der Waals surface area contributed by atoms with E-state index in [1.54, 1.807) is 23.1 Å². The number of benzene rings is 1. The second-order valence-electron chi connectivity index (χ2n) is 7.19. The molecular formula is C19H21F2N3O. The number of hydrogen-bond acceptors (Lipinski definition) is 4. The van der Waals surface area contributed by atoms with Crippen LogP contribution in [0.5, 0.6) is 5.75 Å². The highest BCUT2D eigenvalue weighted by Crippen LogP contribution is 2.38. The average Bonchev–Trinajstić information content (AvgIpc) is 2.94. The predicted molar refractivity (Wildman–Crippen MR) is 92.1 cm³/mol. The molecule has 0 radical (unpaired) electrons. The minimum atomic E-state index is -2.67. The fourth-order valence-corrected chi connectivity index (χ4v) is 3.73. The topological polar surface area (TPSA) is 49.3 Å². The first-order valence-corrected chi connectivity index (χ1v) is 8.74. The summed E-state index contributed by atoms with van der Waals surface area (Å²) in [7, 11) is 0. The van der Waals surface area contributed by atoms with E-state index in [0.717, 1.165) is 30.5 Å². The Hall–Kier alpha value is -2.24. The number of halogens is 2. The van der Waals surface area contributed by atoms with Gasteiger partial charge in [0, 0.05) is 18.5 Å². The summed E-state index contributed by atoms with van der Waals surface area (Å²) < 4.78 is 27.5. The lowest BCUT2D eigenvalue weighted by Gasteiger charge is -2.27. The number of phenols is 1. The van der Waals surface area contributed by atoms with E-state index in [4.69, 9.17) is 0 Å². The summed E-state index contributed by atoms with van der Waals surface area (Å²) in [5.74, 6) is -1.03. The number of para-hydroxylation sites is 1. The number of aromatic nitrogens is 2. The van der Waals surface area contributed by atoms with Gasteiger partial charge in [0.1, 0.15) is 11.6 Å². The number of fused-ring (bicyclic) bond motifs is 1. The smallest absolute Gasteiger partial charge is 0.266 e. The monoisotopic (exact) mass is 345 g/mol. The summed E-state index contributed by atoms with van der Waals surface area (Å²) in [4.78, 5) is 11.0. The third kappa shape index (κ3) is 3.05. The molecule has 0 unspecified atom stereocenters. The van der Waals surface area contributed by atoms with Crippen LogP contribution in [0, 0.1) is 5.92 Å². The number of alkyl halides is 2. The van der Waals surface area contributed by atoms with Crippen LogP contribution >= 0.6 is 0 Å². The number of nitrogens with zero attached hydrogens (tertiary/aromatic N) is 3. The van der Waals surface area contributed by atoms with Crippen LogP contribution in [0.15, 0.2) is 24.3 Å². The summed E-state index contributed by atoms with van der Waals surface area (Å²) in [6.45, 7) is 2.17. The van der Waals surface area contributed by atoms with Gasteiger partial charge < -0.3 is 10.0 Å². The molecule has 1 N–H and O–H groups in total. The van der Waals surface area contributed by atoms with Crippen LogP contribution < -0.4 is 4.90 Å². The van der Waals surface area contributed by atoms with Crippen molar-refractivity contribution in [1.29, 1.82) is 0 Å². The maximum atomic E-state index is 13.7. The van der Waals surface area contributed by atoms with Crippen LogP contribution in [0.4, 0.5) is 14.6 Å². The molecule has 4 nitrogen and oxygen atoms in total. The van der Waals surface area contributed by atoms with Crippen molar-refractivity contribution in [2.24, 2.45) is 5.92 Å². The summed E-state index contributed by atoms with van der Waals surface area (Å²) in [5.41, 5.74) is 2.46. The zero-order chi connectivity index (χ0) is 17.6. The Labute approximate surface area is 145 Å². The van der Waals surface area contributed by atoms with Crippen molar-refractivity contribution in [3.8, 4) is 17.1 Å². The second-order valence-corrected chi connectivity index (χ2v) is 7.19. The van der Waals surface area contributed by atoms with Crippen molar-refractivity contribution in [2.75, 3.05) is 18.0 Å². The van der Waals surface area contributed by atoms with E-state index in [1.807, 2.05) is 6.07 Å². The van der Waals surface area contributed by atoms with Gasteiger partial charge in [-0.1, -0.05) is 19.1 Å². The number of hydrogen-bond donors (Lipinski definition) is 1. The van der Waals surface area contributed by atoms with Gasteiger partial charge in [-0.25, -0.2) is 18.7 Å². The van der Waals surface area contributed by atoms with Crippen molar-refractivity contribution in [3.05, 3.63) is 35.5 Å². The van der Waals surface area contributed by atoms with E-state index in [2.05, 4.69) is 16.9 Å². The Morgan fingerprint density at radius 1 is 1.24 bits per heavy atom. The maximum absolute atomic E-state index is 13.7. The molecule has 2 aliphatic rings. The Morgan fingerprint density at radius 2 is 2.04 bits per heavy atom. The number of phenolic OH excluding ortho intramolecular Hbond substituents is 1. The van der Waals surface area contributed by atoms with Gasteiger partial charge in [0.05, 0.1) is 17.8 Å². The molecule has 1 aromatic carbocycles. The molecule has 1 saturated heterocycles. The maximum Gasteiger partial charge on any atom is 0.266 e. The average molecular weight is 345 g/mol. The quantitative estimate of drug-likeness (QED) is 0.899. The molecular weight excluding hydrogens is 324 g/mol. The van der Waals surface area contributed by atoms with E-state index in [-0.39, 0.29) is 18.7 Å². The summed E-state index contributed by atoms with van der Waals surface area (Å²) in [6, 6.07) is 6.89. The van der Waals surface area contributed by atoms with Crippen molar-refractivity contribution >= 4 is 5.82 Å². The predicted octanol–water partition coefficient (Wildman–Crippen LogP) is 3.82. The lowest BCUT2D eigenvalue weighted by Crippen LogP contribution is -2.28. The number of rotatable bonds is 2. The Bertz CT molecular complexity index is 809. The lowest BCUT2D eigenvalue weighted by atomic mass is 9.88. The molecule has 0 amide bonds. The van der Waals surface area contributed by atoms with Gasteiger partial charge in [0.15, 0.2) is 5.82 Å². The van der Waals surface area contributed by atoms with Crippen molar-refractivity contribution < 1.29 is 13.9 Å². The summed E-state index contributed by atoms with van der Waals surface area (Å²) >= 11 is 0. The first-order chi connectivity index (χ1) is 11.9. The summed E-state index contributed by atoms with van der Waals surface area (Å²) in [6.07, 6.45) is 2.50. The highest BCUT2D eigenvalue weighted by molar-refractivity contribution is 5.66. The van der Waals surface area contributed by atoms with Crippen LogP contribution in [0.3, 0.4) is 0 Å². The van der Waals surface area contributed by atoms with Crippen LogP contribution in [0.2, 0.25) is 0 Å². The zero-order valence-corrected chi connectivity index (χ0v) is 14.2. The number of aromatic hydroxyl groups is 1. The van der Waals surface area contributed by atoms with Gasteiger partial charge in [-0.3, -0.25) is 0 Å². The van der Waals surface area contributed by atoms with Crippen LogP contribution in [-0.2, 0) is 12.8 Å². The van der Waals surface area contributed by atoms with Gasteiger partial charge in [0.2, 0.25) is 0 Å². The summed E-state index contributed by atoms with van der Waals surface area (Å²) in [5, 5.41) is 10.1. The van der Waals surface area contributed by atoms with E-state index in [9.17, 15) is 13.9 Å². The Morgan fingerprint density at radius 3 is 2.76 bits per heavy atom. The van der Waals surface area contributed by atoms with Gasteiger partial charge in [-0.05, 0) is 37.3 Å². The van der Waals surface area contributed by atoms with Crippen molar-refractivity contribution in [2.45, 2.75) is 38.5 Å². The van der Waals surface area contributed by atoms with Gasteiger partial charge >= 0.3 is 0 Å². The molecule has 2 heterocycles. The molecule has 1 aliphatic heterocycles. The molecule has 0 bridgehead atoms. The van der Waals surface area contributed by atoms with E-state index in [1.165, 1.54) is 0 Å². The largest absolute Gasteiger partial charge is 0.507 e. The fourth-order valence-electron chi connectivity index (χ4n) is 3.73. The van der Waals surface area contributed by atoms with Gasteiger partial charge in [-0.2, -0.15) is 0 Å². The van der Waals surface area contributed by atoms with Crippen LogP contribution in [0.1, 0.15) is 31.0 Å². The molecule has 1 atom stereocenters. The normalized spacial score (nSPS) is 22.0. The zero-order valence-electron chi connectivity index (χ0n) is 14.2. The standard InChI is InChI=1S/C19H21F2N3O/c1-12-6-7-13-15(10-12)22-17(14-4-2-3-5-16(14)25)23-18(13)24-9-8-19(20,21)11-24/h2-5,12,25H,6-11H2,1H3/t12-/m1/s1. The lowest BCUT2D eigenvalue weighted by molar-refractivity contribution is 0.0256. The van der Waals surface area contributed by atoms with Crippen molar-refractivity contribution in [3.63, 3.8) is 0 Å². The highest BCUT2D eigenvalue weighted by Gasteiger charge is 2.40. The fraction of sp³-hybridized carbons (Fsp3) is 0.474. The van der Waals surface area contributed by atoms with Gasteiger partial charge in [0.25, 0.3) is 5.92 Å². The minimum absolute atomic E-state index is 0.101. The third-order valence-electron chi connectivity index (χ3n) is 5.11. The molecule has 1 fully saturated rings. The molecule has 1 aliphatic carbocycles. The molecule has 0 saturated carbocycles. The molecule has 132 valence electrons. The van der Waals surface area contributed by atoms with Gasteiger partial charge in [-0.15, -0.1) is 0 Å². The first kappa shape index (κ1) is 16.2. The third-order valence-corrected chi connectivity index (χ3v) is 5.11. The van der Waals surface area contributed by atoms with E-state index >= 15 is 0 Å². The Kier molecular flexibility index (Phi) is 3.85. The molecule has 0 spiro atoms. The Balaban J connectivity index is 1.83. The highest BCUT2D eigenvalue weighted by atomic mass is 19.3. The molecule has 6 heteroatoms. The molecule has 25 heavy (non-hydrogen) atoms. The molecule has 2 aromatic rings. The van der Waals surface area contributed by atoms with E-state index < -0.39 is 5.92 Å². The van der Waals surface area contributed by atoms with Crippen LogP contribution in [-0.4, -0.2) is 34.1 Å². The minimum Gasteiger partial charge on any atom is -0.507 e. The van der Waals surface area contributed by atoms with Crippen LogP contribution in [0.25, 0.3) is 11.4 Å². The second kappa shape index (κ2) is 5.93. The number of anilines is 1. The molecule has 1 aromatic heterocycles. The van der Waals surface area contributed by atoms with E-state index in [0.29, 0.717) is 29.7 Å². The SMILES string of the molecule is C[C@@H]1CCc2c(nc(-c3ccccc3O)nc2N2CCC(F)(F)C2)C1. The van der Waals surface area contributed by atoms with Crippen molar-refractivity contribution in [1.82, 2.24) is 9.97 Å². The first-order valence-electron chi connectivity index (χ1n) is 8.74.